The van der Waals surface area contributed by atoms with Gasteiger partial charge in [-0.3, -0.25) is 14.6 Å². The Bertz CT molecular complexity index is 580. The molecule has 0 radical (unpaired) electrons. The van der Waals surface area contributed by atoms with E-state index in [2.05, 4.69) is 44.4 Å². The Balaban J connectivity index is -0.0000000742. The van der Waals surface area contributed by atoms with Gasteiger partial charge in [-0.15, -0.1) is 8.67 Å². The predicted octanol–water partition coefficient (Wildman–Crippen LogP) is -8.80. The van der Waals surface area contributed by atoms with Crippen LogP contribution in [0.4, 0.5) is 0 Å². The molecule has 0 heterocycles. The molecule has 0 aliphatic rings. The summed E-state index contributed by atoms with van der Waals surface area (Å²) in [5, 5.41) is 46.1. The Hall–Kier alpha value is 3.70. The summed E-state index contributed by atoms with van der Waals surface area (Å²) in [6.45, 7) is 2.69. The number of hydrogen-bond donors (Lipinski definition) is 4. The van der Waals surface area contributed by atoms with Gasteiger partial charge in [0.25, 0.3) is 10.1 Å². The first-order valence-corrected chi connectivity index (χ1v) is 16.7. The van der Waals surface area contributed by atoms with Gasteiger partial charge in [-0.25, -0.2) is 18.9 Å². The number of nitrogens with two attached hydrogens (primary N) is 1. The summed E-state index contributed by atoms with van der Waals surface area (Å²) >= 11 is 3.47. The van der Waals surface area contributed by atoms with Crippen LogP contribution in [0.15, 0.2) is 0 Å². The molecule has 28 heteroatoms. The van der Waals surface area contributed by atoms with E-state index in [1.54, 1.807) is 0 Å². The minimum Gasteiger partial charge on any atom is -0.748 e. The van der Waals surface area contributed by atoms with Gasteiger partial charge >= 0.3 is 88.7 Å². The smallest absolute Gasteiger partial charge is 0.748 e. The fourth-order valence-corrected chi connectivity index (χ4v) is 4.18. The van der Waals surface area contributed by atoms with Gasteiger partial charge in [0.05, 0.1) is 15.9 Å². The van der Waals surface area contributed by atoms with Crippen LogP contribution in [-0.4, -0.2) is 77.5 Å². The molecule has 0 spiro atoms. The standard InChI is InChI=1S/C4H10O3S.C3H9NO3S.2C3H8O6S2.3Na/c1-2-3-4-8-7-6-5;4-2-1-3-8-7-6-5;2*4-8-9-10-2-1-3-11(5,6)7;;;/h5H,2-4H2,1H3;5H,1-4H2;2*4H,1-3H2,(H,5,6,7);;;/q;;;;3*+1/p-3. The van der Waals surface area contributed by atoms with E-state index in [1.807, 2.05) is 0 Å². The molecule has 0 rings (SSSR count). The SMILES string of the molecule is CCCCSOO[O-].NCCCSOOO.O=S(=O)(O)CCCSOOO.O=S(=O)([O-])CCCSOO[O-].[Na+].[Na+].[Na+]. The maximum atomic E-state index is 10.1. The molecular weight excluding hydrogens is 720 g/mol. The van der Waals surface area contributed by atoms with Crippen LogP contribution in [0.25, 0.3) is 0 Å². The molecule has 0 atom stereocenters. The first-order valence-electron chi connectivity index (χ1n) is 9.90. The van der Waals surface area contributed by atoms with Gasteiger partial charge in [0.1, 0.15) is 0 Å². The average Bonchev–Trinajstić information content (AvgIpc) is 2.84. The summed E-state index contributed by atoms with van der Waals surface area (Å²) in [6.07, 6.45) is 3.38. The summed E-state index contributed by atoms with van der Waals surface area (Å²) in [5.41, 5.74) is 5.14. The minimum absolute atomic E-state index is 0. The fourth-order valence-electron chi connectivity index (χ4n) is 1.16. The van der Waals surface area contributed by atoms with Crippen LogP contribution < -0.4 is 105 Å². The largest absolute Gasteiger partial charge is 1.00 e. The summed E-state index contributed by atoms with van der Waals surface area (Å²) in [5.74, 6) is 1.30. The zero-order valence-electron chi connectivity index (χ0n) is 23.0. The van der Waals surface area contributed by atoms with Crippen LogP contribution in [0, 0.1) is 0 Å². The van der Waals surface area contributed by atoms with Gasteiger partial charge in [-0.1, -0.05) is 23.4 Å². The molecule has 0 aliphatic heterocycles. The van der Waals surface area contributed by atoms with Crippen LogP contribution in [0.2, 0.25) is 0 Å². The average molecular weight is 752 g/mol. The van der Waals surface area contributed by atoms with Gasteiger partial charge in [0, 0.05) is 76.9 Å². The zero-order valence-corrected chi connectivity index (χ0v) is 33.9. The van der Waals surface area contributed by atoms with Crippen molar-refractivity contribution in [2.24, 2.45) is 5.73 Å². The molecule has 0 aromatic rings. The van der Waals surface area contributed by atoms with Crippen molar-refractivity contribution in [2.75, 3.05) is 41.1 Å². The van der Waals surface area contributed by atoms with Crippen LogP contribution in [0.1, 0.15) is 39.0 Å². The predicted molar refractivity (Wildman–Crippen MR) is 133 cm³/mol. The van der Waals surface area contributed by atoms with E-state index in [4.69, 9.17) is 31.3 Å². The Kier molecular flexibility index (Phi) is 74.1. The van der Waals surface area contributed by atoms with Crippen molar-refractivity contribution >= 4 is 68.4 Å². The summed E-state index contributed by atoms with van der Waals surface area (Å²) in [4.78, 5) is 0. The number of hydrogen-bond acceptors (Lipinski definition) is 22. The molecule has 0 aromatic heterocycles. The van der Waals surface area contributed by atoms with Crippen molar-refractivity contribution in [1.82, 2.24) is 0 Å². The monoisotopic (exact) mass is 751 g/mol. The van der Waals surface area contributed by atoms with E-state index in [0.717, 1.165) is 66.9 Å². The molecule has 0 bridgehead atoms. The van der Waals surface area contributed by atoms with Crippen molar-refractivity contribution in [3.63, 3.8) is 0 Å². The van der Waals surface area contributed by atoms with E-state index >= 15 is 0 Å². The van der Waals surface area contributed by atoms with Crippen molar-refractivity contribution in [3.8, 4) is 0 Å². The van der Waals surface area contributed by atoms with E-state index in [1.165, 1.54) is 0 Å². The molecule has 5 N–H and O–H groups in total. The fraction of sp³-hybridized carbons (Fsp3) is 1.00. The van der Waals surface area contributed by atoms with E-state index in [0.29, 0.717) is 24.3 Å². The van der Waals surface area contributed by atoms with Crippen LogP contribution in [0.5, 0.6) is 0 Å². The Labute approximate surface area is 323 Å². The van der Waals surface area contributed by atoms with Crippen molar-refractivity contribution in [3.05, 3.63) is 0 Å². The Morgan fingerprint density at radius 2 is 1.05 bits per heavy atom. The minimum atomic E-state index is -4.15. The second-order valence-corrected chi connectivity index (χ2v) is 11.8. The first kappa shape index (κ1) is 60.1. The molecule has 0 aliphatic carbocycles. The van der Waals surface area contributed by atoms with Gasteiger partial charge in [-0.05, 0) is 32.2 Å². The molecule has 0 saturated carbocycles. The van der Waals surface area contributed by atoms with Crippen LogP contribution in [0.3, 0.4) is 0 Å². The molecule has 41 heavy (non-hydrogen) atoms. The van der Waals surface area contributed by atoms with Gasteiger partial charge in [-0.2, -0.15) is 17.1 Å². The number of rotatable bonds is 22. The normalized spacial score (nSPS) is 10.1. The van der Waals surface area contributed by atoms with E-state index in [-0.39, 0.29) is 113 Å². The topological polar surface area (TPSA) is 298 Å². The van der Waals surface area contributed by atoms with Crippen molar-refractivity contribution in [1.29, 1.82) is 0 Å². The van der Waals surface area contributed by atoms with Gasteiger partial charge in [0.2, 0.25) is 0 Å². The molecule has 236 valence electrons. The van der Waals surface area contributed by atoms with E-state index < -0.39 is 26.0 Å². The van der Waals surface area contributed by atoms with Gasteiger partial charge < -0.3 is 20.8 Å². The van der Waals surface area contributed by atoms with Crippen LogP contribution in [-0.2, 0) is 57.7 Å². The second kappa shape index (κ2) is 50.6. The maximum absolute atomic E-state index is 10.1. The summed E-state index contributed by atoms with van der Waals surface area (Å²) in [6, 6.07) is 0. The third kappa shape index (κ3) is 86.1. The summed E-state index contributed by atoms with van der Waals surface area (Å²) < 4.78 is 74.1. The molecular formula is C13H32NNa3O18S6. The quantitative estimate of drug-likeness (QED) is 0.0199. The molecule has 0 unspecified atom stereocenters. The number of unbranched alkanes of at least 4 members (excludes halogenated alkanes) is 1. The van der Waals surface area contributed by atoms with Crippen molar-refractivity contribution < 1.29 is 173 Å². The first-order chi connectivity index (χ1) is 17.9. The Morgan fingerprint density at radius 1 is 0.683 bits per heavy atom. The summed E-state index contributed by atoms with van der Waals surface area (Å²) in [7, 11) is -8.03. The molecule has 0 saturated heterocycles. The maximum Gasteiger partial charge on any atom is 1.00 e. The second-order valence-electron chi connectivity index (χ2n) is 5.60. The Morgan fingerprint density at radius 3 is 1.37 bits per heavy atom. The van der Waals surface area contributed by atoms with E-state index in [9.17, 15) is 21.4 Å². The van der Waals surface area contributed by atoms with Crippen LogP contribution >= 0.6 is 48.2 Å². The third-order valence-corrected chi connectivity index (χ3v) is 6.61. The molecule has 0 aromatic carbocycles. The third-order valence-electron chi connectivity index (χ3n) is 2.57. The molecule has 0 fully saturated rings. The zero-order chi connectivity index (χ0) is 30.0. The van der Waals surface area contributed by atoms with Crippen molar-refractivity contribution in [2.45, 2.75) is 39.0 Å². The van der Waals surface area contributed by atoms with Gasteiger partial charge in [0.15, 0.2) is 0 Å². The molecule has 0 amide bonds. The molecule has 19 nitrogen and oxygen atoms in total.